The third kappa shape index (κ3) is 3.62. The molecule has 2 rings (SSSR count). The zero-order valence-corrected chi connectivity index (χ0v) is 12.4. The fourth-order valence-corrected chi connectivity index (χ4v) is 1.94. The lowest BCUT2D eigenvalue weighted by Crippen LogP contribution is -2.26. The van der Waals surface area contributed by atoms with Gasteiger partial charge in [0.15, 0.2) is 11.2 Å². The van der Waals surface area contributed by atoms with Gasteiger partial charge >= 0.3 is 0 Å². The number of carbonyl (C=O) groups is 1. The maximum Gasteiger partial charge on any atom is 0.287 e. The summed E-state index contributed by atoms with van der Waals surface area (Å²) in [6.07, 6.45) is 0.872. The highest BCUT2D eigenvalue weighted by molar-refractivity contribution is 5.93. The fraction of sp³-hybridized carbons (Fsp3) is 0.375. The van der Waals surface area contributed by atoms with E-state index in [1.807, 2.05) is 0 Å². The summed E-state index contributed by atoms with van der Waals surface area (Å²) in [4.78, 5) is 24.0. The Labute approximate surface area is 122 Å². The Morgan fingerprint density at radius 3 is 2.76 bits per heavy atom. The molecule has 0 spiro atoms. The standard InChI is InChI=1S/C16H19NO4/c1-10(2)6-7-17-16(19)15-9-13(18)12-5-4-11(20-3)8-14(12)21-15/h4-5,8-10H,6-7H2,1-3H3,(H,17,19). The van der Waals surface area contributed by atoms with Crippen LogP contribution in [0, 0.1) is 5.92 Å². The highest BCUT2D eigenvalue weighted by Crippen LogP contribution is 2.19. The minimum Gasteiger partial charge on any atom is -0.497 e. The van der Waals surface area contributed by atoms with Gasteiger partial charge < -0.3 is 14.5 Å². The van der Waals surface area contributed by atoms with E-state index in [1.165, 1.54) is 13.2 Å². The smallest absolute Gasteiger partial charge is 0.287 e. The van der Waals surface area contributed by atoms with Crippen molar-refractivity contribution in [2.45, 2.75) is 20.3 Å². The Kier molecular flexibility index (Phi) is 4.62. The van der Waals surface area contributed by atoms with Crippen LogP contribution in [0.15, 0.2) is 33.5 Å². The number of methoxy groups -OCH3 is 1. The van der Waals surface area contributed by atoms with E-state index in [9.17, 15) is 9.59 Å². The lowest BCUT2D eigenvalue weighted by atomic mass is 10.1. The minimum atomic E-state index is -0.377. The van der Waals surface area contributed by atoms with Crippen molar-refractivity contribution in [1.29, 1.82) is 0 Å². The second-order valence-corrected chi connectivity index (χ2v) is 5.28. The van der Waals surface area contributed by atoms with Gasteiger partial charge in [-0.25, -0.2) is 0 Å². The summed E-state index contributed by atoms with van der Waals surface area (Å²) in [5, 5.41) is 3.17. The maximum atomic E-state index is 12.0. The van der Waals surface area contributed by atoms with Gasteiger partial charge in [0.05, 0.1) is 12.5 Å². The van der Waals surface area contributed by atoms with Crippen molar-refractivity contribution < 1.29 is 13.9 Å². The maximum absolute atomic E-state index is 12.0. The topological polar surface area (TPSA) is 68.5 Å². The van der Waals surface area contributed by atoms with Crippen LogP contribution in [0.3, 0.4) is 0 Å². The predicted molar refractivity (Wildman–Crippen MR) is 80.8 cm³/mol. The van der Waals surface area contributed by atoms with Crippen molar-refractivity contribution in [2.75, 3.05) is 13.7 Å². The van der Waals surface area contributed by atoms with E-state index in [-0.39, 0.29) is 17.1 Å². The Balaban J connectivity index is 2.28. The van der Waals surface area contributed by atoms with E-state index >= 15 is 0 Å². The summed E-state index contributed by atoms with van der Waals surface area (Å²) >= 11 is 0. The molecule has 1 aromatic carbocycles. The van der Waals surface area contributed by atoms with Crippen molar-refractivity contribution in [3.05, 3.63) is 40.2 Å². The second kappa shape index (κ2) is 6.43. The second-order valence-electron chi connectivity index (χ2n) is 5.28. The van der Waals surface area contributed by atoms with Crippen LogP contribution in [0.5, 0.6) is 5.75 Å². The van der Waals surface area contributed by atoms with Crippen LogP contribution >= 0.6 is 0 Å². The first-order chi connectivity index (χ1) is 10.0. The zero-order chi connectivity index (χ0) is 15.4. The van der Waals surface area contributed by atoms with Gasteiger partial charge in [-0.15, -0.1) is 0 Å². The Morgan fingerprint density at radius 1 is 1.33 bits per heavy atom. The molecule has 0 aliphatic carbocycles. The van der Waals surface area contributed by atoms with Crippen molar-refractivity contribution in [1.82, 2.24) is 5.32 Å². The lowest BCUT2D eigenvalue weighted by molar-refractivity contribution is 0.0925. The molecular weight excluding hydrogens is 270 g/mol. The quantitative estimate of drug-likeness (QED) is 0.918. The highest BCUT2D eigenvalue weighted by Gasteiger charge is 2.12. The minimum absolute atomic E-state index is 0.0181. The highest BCUT2D eigenvalue weighted by atomic mass is 16.5. The van der Waals surface area contributed by atoms with Crippen LogP contribution in [0.2, 0.25) is 0 Å². The molecule has 0 aliphatic heterocycles. The van der Waals surface area contributed by atoms with Gasteiger partial charge in [0.1, 0.15) is 11.3 Å². The normalized spacial score (nSPS) is 10.9. The predicted octanol–water partition coefficient (Wildman–Crippen LogP) is 2.58. The Morgan fingerprint density at radius 2 is 2.10 bits per heavy atom. The van der Waals surface area contributed by atoms with Crippen molar-refractivity contribution in [2.24, 2.45) is 5.92 Å². The van der Waals surface area contributed by atoms with E-state index in [1.54, 1.807) is 18.2 Å². The molecule has 0 atom stereocenters. The van der Waals surface area contributed by atoms with Crippen molar-refractivity contribution >= 4 is 16.9 Å². The van der Waals surface area contributed by atoms with E-state index in [4.69, 9.17) is 9.15 Å². The van der Waals surface area contributed by atoms with Gasteiger partial charge in [0, 0.05) is 18.7 Å². The van der Waals surface area contributed by atoms with Crippen LogP contribution in [0.4, 0.5) is 0 Å². The summed E-state index contributed by atoms with van der Waals surface area (Å²) in [6, 6.07) is 6.13. The summed E-state index contributed by atoms with van der Waals surface area (Å²) in [6.45, 7) is 4.71. The summed E-state index contributed by atoms with van der Waals surface area (Å²) in [5.74, 6) is 0.711. The molecule has 0 saturated heterocycles. The van der Waals surface area contributed by atoms with Crippen molar-refractivity contribution in [3.8, 4) is 5.75 Å². The number of rotatable bonds is 5. The molecule has 112 valence electrons. The molecule has 1 aromatic heterocycles. The number of hydrogen-bond acceptors (Lipinski definition) is 4. The number of amides is 1. The Hall–Kier alpha value is -2.30. The number of carbonyl (C=O) groups excluding carboxylic acids is 1. The molecule has 2 aromatic rings. The number of ether oxygens (including phenoxy) is 1. The molecule has 0 aliphatic rings. The molecule has 21 heavy (non-hydrogen) atoms. The molecule has 1 amide bonds. The van der Waals surface area contributed by atoms with E-state index in [0.717, 1.165) is 6.42 Å². The third-order valence-corrected chi connectivity index (χ3v) is 3.17. The van der Waals surface area contributed by atoms with Gasteiger partial charge in [-0.2, -0.15) is 0 Å². The van der Waals surface area contributed by atoms with Crippen LogP contribution in [0.25, 0.3) is 11.0 Å². The molecule has 0 radical (unpaired) electrons. The number of hydrogen-bond donors (Lipinski definition) is 1. The first-order valence-electron chi connectivity index (χ1n) is 6.91. The van der Waals surface area contributed by atoms with E-state index in [0.29, 0.717) is 29.2 Å². The summed E-state index contributed by atoms with van der Waals surface area (Å²) < 4.78 is 10.6. The molecule has 0 fully saturated rings. The van der Waals surface area contributed by atoms with Gasteiger partial charge in [-0.1, -0.05) is 13.8 Å². The number of fused-ring (bicyclic) bond motifs is 1. The molecule has 5 nitrogen and oxygen atoms in total. The van der Waals surface area contributed by atoms with E-state index in [2.05, 4.69) is 19.2 Å². The zero-order valence-electron chi connectivity index (χ0n) is 12.4. The first-order valence-corrected chi connectivity index (χ1v) is 6.91. The summed E-state index contributed by atoms with van der Waals surface area (Å²) in [5.41, 5.74) is 0.101. The average Bonchev–Trinajstić information content (AvgIpc) is 2.45. The molecule has 5 heteroatoms. The van der Waals surface area contributed by atoms with Crippen LogP contribution in [-0.2, 0) is 0 Å². The SMILES string of the molecule is COc1ccc2c(=O)cc(C(=O)NCCC(C)C)oc2c1. The van der Waals surface area contributed by atoms with Crippen LogP contribution in [0.1, 0.15) is 30.8 Å². The largest absolute Gasteiger partial charge is 0.497 e. The number of benzene rings is 1. The summed E-state index contributed by atoms with van der Waals surface area (Å²) in [7, 11) is 1.53. The fourth-order valence-electron chi connectivity index (χ4n) is 1.94. The van der Waals surface area contributed by atoms with Gasteiger partial charge in [0.2, 0.25) is 0 Å². The average molecular weight is 289 g/mol. The molecular formula is C16H19NO4. The lowest BCUT2D eigenvalue weighted by Gasteiger charge is -2.07. The molecule has 1 heterocycles. The third-order valence-electron chi connectivity index (χ3n) is 3.17. The molecule has 1 N–H and O–H groups in total. The van der Waals surface area contributed by atoms with Crippen LogP contribution in [-0.4, -0.2) is 19.6 Å². The first kappa shape index (κ1) is 15.1. The molecule has 0 bridgehead atoms. The van der Waals surface area contributed by atoms with Crippen molar-refractivity contribution in [3.63, 3.8) is 0 Å². The van der Waals surface area contributed by atoms with Gasteiger partial charge in [-0.05, 0) is 24.5 Å². The van der Waals surface area contributed by atoms with E-state index < -0.39 is 0 Å². The van der Waals surface area contributed by atoms with Gasteiger partial charge in [-0.3, -0.25) is 9.59 Å². The molecule has 0 saturated carbocycles. The molecule has 0 unspecified atom stereocenters. The number of nitrogens with one attached hydrogen (secondary N) is 1. The monoisotopic (exact) mass is 289 g/mol. The van der Waals surface area contributed by atoms with Gasteiger partial charge in [0.25, 0.3) is 5.91 Å². The van der Waals surface area contributed by atoms with Crippen LogP contribution < -0.4 is 15.5 Å². The Bertz CT molecular complexity index is 703.